The van der Waals surface area contributed by atoms with Gasteiger partial charge in [-0.25, -0.2) is 4.39 Å². The van der Waals surface area contributed by atoms with E-state index in [0.29, 0.717) is 12.1 Å². The van der Waals surface area contributed by atoms with Gasteiger partial charge in [-0.15, -0.1) is 0 Å². The van der Waals surface area contributed by atoms with Crippen LogP contribution in [0.25, 0.3) is 0 Å². The van der Waals surface area contributed by atoms with Gasteiger partial charge in [-0.3, -0.25) is 4.90 Å². The molecule has 0 saturated heterocycles. The summed E-state index contributed by atoms with van der Waals surface area (Å²) in [5.74, 6) is -0.155. The van der Waals surface area contributed by atoms with Crippen LogP contribution < -0.4 is 5.32 Å². The maximum atomic E-state index is 12.9. The van der Waals surface area contributed by atoms with Gasteiger partial charge in [0.1, 0.15) is 5.82 Å². The summed E-state index contributed by atoms with van der Waals surface area (Å²) in [5, 5.41) is 3.54. The largest absolute Gasteiger partial charge is 0.314 e. The first-order chi connectivity index (χ1) is 9.19. The molecule has 1 fully saturated rings. The van der Waals surface area contributed by atoms with Crippen molar-refractivity contribution in [1.29, 1.82) is 0 Å². The minimum atomic E-state index is -0.155. The minimum Gasteiger partial charge on any atom is -0.314 e. The molecule has 0 unspecified atom stereocenters. The summed E-state index contributed by atoms with van der Waals surface area (Å²) >= 11 is 0. The van der Waals surface area contributed by atoms with Crippen molar-refractivity contribution in [3.63, 3.8) is 0 Å². The molecule has 2 nitrogen and oxygen atoms in total. The molecule has 1 aliphatic carbocycles. The number of benzene rings is 1. The zero-order chi connectivity index (χ0) is 13.7. The number of hydrogen-bond donors (Lipinski definition) is 1. The Labute approximate surface area is 116 Å². The van der Waals surface area contributed by atoms with Gasteiger partial charge < -0.3 is 5.32 Å². The highest BCUT2D eigenvalue weighted by atomic mass is 19.1. The molecule has 0 aromatic heterocycles. The van der Waals surface area contributed by atoms with E-state index in [1.165, 1.54) is 31.2 Å². The van der Waals surface area contributed by atoms with Crippen molar-refractivity contribution >= 4 is 0 Å². The van der Waals surface area contributed by atoms with Crippen molar-refractivity contribution in [2.45, 2.75) is 51.2 Å². The van der Waals surface area contributed by atoms with Crippen molar-refractivity contribution in [3.05, 3.63) is 35.6 Å². The third-order valence-electron chi connectivity index (χ3n) is 4.16. The summed E-state index contributed by atoms with van der Waals surface area (Å²) in [5.41, 5.74) is 1.19. The van der Waals surface area contributed by atoms with Crippen molar-refractivity contribution < 1.29 is 4.39 Å². The fraction of sp³-hybridized carbons (Fsp3) is 0.625. The van der Waals surface area contributed by atoms with Crippen LogP contribution in [0.1, 0.15) is 38.2 Å². The van der Waals surface area contributed by atoms with E-state index in [4.69, 9.17) is 0 Å². The lowest BCUT2D eigenvalue weighted by molar-refractivity contribution is 0.168. The SMILES string of the molecule is CCNC1CCC(N(C)Cc2ccc(F)cc2)CC1. The summed E-state index contributed by atoms with van der Waals surface area (Å²) in [7, 11) is 2.18. The second-order valence-corrected chi connectivity index (χ2v) is 5.60. The summed E-state index contributed by atoms with van der Waals surface area (Å²) < 4.78 is 12.9. The van der Waals surface area contributed by atoms with E-state index < -0.39 is 0 Å². The Kier molecular flexibility index (Phi) is 5.34. The quantitative estimate of drug-likeness (QED) is 0.878. The van der Waals surface area contributed by atoms with E-state index in [-0.39, 0.29) is 5.82 Å². The van der Waals surface area contributed by atoms with E-state index >= 15 is 0 Å². The maximum absolute atomic E-state index is 12.9. The van der Waals surface area contributed by atoms with E-state index in [9.17, 15) is 4.39 Å². The van der Waals surface area contributed by atoms with Crippen LogP contribution >= 0.6 is 0 Å². The van der Waals surface area contributed by atoms with Crippen LogP contribution in [0.2, 0.25) is 0 Å². The normalized spacial score (nSPS) is 23.8. The molecule has 1 saturated carbocycles. The molecule has 0 atom stereocenters. The van der Waals surface area contributed by atoms with Gasteiger partial charge in [0, 0.05) is 18.6 Å². The highest BCUT2D eigenvalue weighted by Crippen LogP contribution is 2.23. The molecule has 1 N–H and O–H groups in total. The van der Waals surface area contributed by atoms with Gasteiger partial charge in [0.05, 0.1) is 0 Å². The molecule has 19 heavy (non-hydrogen) atoms. The first kappa shape index (κ1) is 14.5. The molecule has 1 aromatic carbocycles. The first-order valence-electron chi connectivity index (χ1n) is 7.37. The lowest BCUT2D eigenvalue weighted by atomic mass is 9.90. The van der Waals surface area contributed by atoms with E-state index in [2.05, 4.69) is 24.2 Å². The molecule has 0 heterocycles. The molecule has 0 amide bonds. The second-order valence-electron chi connectivity index (χ2n) is 5.60. The molecule has 0 bridgehead atoms. The second kappa shape index (κ2) is 7.01. The van der Waals surface area contributed by atoms with Crippen LogP contribution in [-0.4, -0.2) is 30.6 Å². The van der Waals surface area contributed by atoms with Gasteiger partial charge >= 0.3 is 0 Å². The first-order valence-corrected chi connectivity index (χ1v) is 7.37. The van der Waals surface area contributed by atoms with Gasteiger partial charge in [0.25, 0.3) is 0 Å². The van der Waals surface area contributed by atoms with Crippen LogP contribution in [0, 0.1) is 5.82 Å². The zero-order valence-electron chi connectivity index (χ0n) is 12.0. The van der Waals surface area contributed by atoms with Gasteiger partial charge in [-0.05, 0) is 57.0 Å². The molecule has 106 valence electrons. The predicted octanol–water partition coefficient (Wildman–Crippen LogP) is 3.18. The van der Waals surface area contributed by atoms with Gasteiger partial charge in [-0.2, -0.15) is 0 Å². The Morgan fingerprint density at radius 1 is 1.16 bits per heavy atom. The maximum Gasteiger partial charge on any atom is 0.123 e. The number of nitrogens with zero attached hydrogens (tertiary/aromatic N) is 1. The molecule has 1 aliphatic rings. The average Bonchev–Trinajstić information content (AvgIpc) is 2.42. The Morgan fingerprint density at radius 3 is 2.37 bits per heavy atom. The number of halogens is 1. The van der Waals surface area contributed by atoms with Gasteiger partial charge in [-0.1, -0.05) is 19.1 Å². The molecule has 0 radical (unpaired) electrons. The average molecular weight is 264 g/mol. The lowest BCUT2D eigenvalue weighted by Crippen LogP contribution is -2.40. The van der Waals surface area contributed by atoms with E-state index in [1.54, 1.807) is 12.1 Å². The third kappa shape index (κ3) is 4.29. The van der Waals surface area contributed by atoms with Crippen LogP contribution in [0.15, 0.2) is 24.3 Å². The summed E-state index contributed by atoms with van der Waals surface area (Å²) in [6.07, 6.45) is 5.06. The van der Waals surface area contributed by atoms with Crippen molar-refractivity contribution in [2.24, 2.45) is 0 Å². The third-order valence-corrected chi connectivity index (χ3v) is 4.16. The topological polar surface area (TPSA) is 15.3 Å². The number of rotatable bonds is 5. The van der Waals surface area contributed by atoms with Crippen molar-refractivity contribution in [2.75, 3.05) is 13.6 Å². The number of hydrogen-bond acceptors (Lipinski definition) is 2. The van der Waals surface area contributed by atoms with Gasteiger partial charge in [0.2, 0.25) is 0 Å². The molecule has 1 aromatic rings. The van der Waals surface area contributed by atoms with Crippen molar-refractivity contribution in [1.82, 2.24) is 10.2 Å². The fourth-order valence-corrected chi connectivity index (χ4v) is 3.02. The molecule has 3 heteroatoms. The Bertz CT molecular complexity index is 369. The van der Waals surface area contributed by atoms with E-state index in [0.717, 1.165) is 13.1 Å². The molecular weight excluding hydrogens is 239 g/mol. The zero-order valence-corrected chi connectivity index (χ0v) is 12.0. The van der Waals surface area contributed by atoms with Crippen LogP contribution in [0.5, 0.6) is 0 Å². The van der Waals surface area contributed by atoms with Crippen LogP contribution in [0.3, 0.4) is 0 Å². The van der Waals surface area contributed by atoms with Gasteiger partial charge in [0.15, 0.2) is 0 Å². The predicted molar refractivity (Wildman–Crippen MR) is 77.6 cm³/mol. The summed E-state index contributed by atoms with van der Waals surface area (Å²) in [6.45, 7) is 4.16. The fourth-order valence-electron chi connectivity index (χ4n) is 3.02. The molecule has 2 rings (SSSR count). The molecular formula is C16H25FN2. The Balaban J connectivity index is 1.81. The minimum absolute atomic E-state index is 0.155. The van der Waals surface area contributed by atoms with E-state index in [1.807, 2.05) is 12.1 Å². The molecule has 0 spiro atoms. The monoisotopic (exact) mass is 264 g/mol. The summed E-state index contributed by atoms with van der Waals surface area (Å²) in [6, 6.07) is 8.24. The standard InChI is InChI=1S/C16H25FN2/c1-3-18-15-8-10-16(11-9-15)19(2)12-13-4-6-14(17)7-5-13/h4-7,15-16,18H,3,8-12H2,1-2H3. The van der Waals surface area contributed by atoms with Crippen LogP contribution in [-0.2, 0) is 6.54 Å². The highest BCUT2D eigenvalue weighted by molar-refractivity contribution is 5.15. The smallest absolute Gasteiger partial charge is 0.123 e. The summed E-state index contributed by atoms with van der Waals surface area (Å²) in [4.78, 5) is 2.41. The van der Waals surface area contributed by atoms with Crippen LogP contribution in [0.4, 0.5) is 4.39 Å². The Hall–Kier alpha value is -0.930. The van der Waals surface area contributed by atoms with Crippen molar-refractivity contribution in [3.8, 4) is 0 Å². The molecule has 0 aliphatic heterocycles. The Morgan fingerprint density at radius 2 is 1.79 bits per heavy atom. The lowest BCUT2D eigenvalue weighted by Gasteiger charge is -2.35. The highest BCUT2D eigenvalue weighted by Gasteiger charge is 2.23. The number of nitrogens with one attached hydrogen (secondary N) is 1.